The van der Waals surface area contributed by atoms with Crippen LogP contribution in [-0.4, -0.2) is 44.9 Å². The Morgan fingerprint density at radius 3 is 2.50 bits per heavy atom. The molecule has 1 amide bonds. The summed E-state index contributed by atoms with van der Waals surface area (Å²) < 4.78 is 27.8. The van der Waals surface area contributed by atoms with Gasteiger partial charge in [0.2, 0.25) is 0 Å². The number of nitro groups is 1. The smallest absolute Gasteiger partial charge is 0.271 e. The molecule has 1 aromatic carbocycles. The second kappa shape index (κ2) is 6.06. The maximum Gasteiger partial charge on any atom is 0.271 e. The van der Waals surface area contributed by atoms with E-state index >= 15 is 0 Å². The van der Waals surface area contributed by atoms with E-state index in [9.17, 15) is 23.3 Å². The highest BCUT2D eigenvalue weighted by atomic mass is 35.7. The molecule has 10 heteroatoms. The Hall–Kier alpha value is -1.87. The number of carbonyl (C=O) groups is 1. The van der Waals surface area contributed by atoms with Crippen molar-refractivity contribution >= 4 is 31.3 Å². The number of amides is 1. The van der Waals surface area contributed by atoms with E-state index in [-0.39, 0.29) is 5.75 Å². The first-order valence-corrected chi connectivity index (χ1v) is 7.50. The lowest BCUT2D eigenvalue weighted by Crippen LogP contribution is -2.27. The monoisotopic (exact) mass is 322 g/mol. The minimum absolute atomic E-state index is 0.221. The number of hydrogen-bond acceptors (Lipinski definition) is 6. The fourth-order valence-corrected chi connectivity index (χ4v) is 2.18. The summed E-state index contributed by atoms with van der Waals surface area (Å²) in [4.78, 5) is 21.9. The predicted octanol–water partition coefficient (Wildman–Crippen LogP) is 0.989. The summed E-state index contributed by atoms with van der Waals surface area (Å²) in [6.07, 6.45) is 0. The van der Waals surface area contributed by atoms with Crippen molar-refractivity contribution in [3.63, 3.8) is 0 Å². The average molecular weight is 323 g/mol. The van der Waals surface area contributed by atoms with Crippen LogP contribution in [0.25, 0.3) is 0 Å². The second-order valence-corrected chi connectivity index (χ2v) is 6.44. The van der Waals surface area contributed by atoms with Gasteiger partial charge in [-0.25, -0.2) is 8.42 Å². The summed E-state index contributed by atoms with van der Waals surface area (Å²) in [5.41, 5.74) is -0.449. The lowest BCUT2D eigenvalue weighted by molar-refractivity contribution is -0.385. The largest absolute Gasteiger partial charge is 0.482 e. The van der Waals surface area contributed by atoms with Crippen molar-refractivity contribution < 1.29 is 22.9 Å². The minimum atomic E-state index is -4.24. The van der Waals surface area contributed by atoms with Gasteiger partial charge in [-0.1, -0.05) is 0 Å². The first-order chi connectivity index (χ1) is 9.12. The molecule has 0 aromatic heterocycles. The fourth-order valence-electron chi connectivity index (χ4n) is 1.19. The molecule has 0 aliphatic rings. The van der Waals surface area contributed by atoms with Gasteiger partial charge in [0, 0.05) is 36.9 Å². The summed E-state index contributed by atoms with van der Waals surface area (Å²) in [5.74, 6) is -0.623. The van der Waals surface area contributed by atoms with Gasteiger partial charge < -0.3 is 9.64 Å². The molecule has 20 heavy (non-hydrogen) atoms. The molecule has 8 nitrogen and oxygen atoms in total. The van der Waals surface area contributed by atoms with Crippen LogP contribution in [0, 0.1) is 10.1 Å². The second-order valence-electron chi connectivity index (χ2n) is 3.90. The normalized spacial score (nSPS) is 10.9. The Morgan fingerprint density at radius 1 is 1.45 bits per heavy atom. The zero-order chi connectivity index (χ0) is 15.5. The van der Waals surface area contributed by atoms with Crippen LogP contribution in [-0.2, 0) is 13.8 Å². The van der Waals surface area contributed by atoms with Gasteiger partial charge in [-0.15, -0.1) is 0 Å². The van der Waals surface area contributed by atoms with E-state index in [0.29, 0.717) is 0 Å². The molecule has 1 aromatic rings. The van der Waals surface area contributed by atoms with Gasteiger partial charge in [0.15, 0.2) is 6.61 Å². The average Bonchev–Trinajstić information content (AvgIpc) is 2.34. The van der Waals surface area contributed by atoms with Crippen LogP contribution >= 0.6 is 10.7 Å². The Labute approximate surface area is 119 Å². The molecule has 0 saturated carbocycles. The van der Waals surface area contributed by atoms with Crippen LogP contribution in [0.2, 0.25) is 0 Å². The summed E-state index contributed by atoms with van der Waals surface area (Å²) in [6, 6.07) is 2.91. The highest BCUT2D eigenvalue weighted by Gasteiger charge is 2.22. The summed E-state index contributed by atoms with van der Waals surface area (Å²) in [5, 5.41) is 10.6. The molecule has 0 unspecified atom stereocenters. The Balaban J connectivity index is 3.14. The SMILES string of the molecule is CN(C)C(=O)COc1ccc([N+](=O)[O-])cc1S(=O)(=O)Cl. The van der Waals surface area contributed by atoms with Gasteiger partial charge in [0.25, 0.3) is 20.6 Å². The minimum Gasteiger partial charge on any atom is -0.482 e. The van der Waals surface area contributed by atoms with Crippen molar-refractivity contribution in [3.05, 3.63) is 28.3 Å². The zero-order valence-corrected chi connectivity index (χ0v) is 12.1. The van der Waals surface area contributed by atoms with E-state index < -0.39 is 37.1 Å². The third-order valence-corrected chi connectivity index (χ3v) is 3.59. The third kappa shape index (κ3) is 4.07. The highest BCUT2D eigenvalue weighted by molar-refractivity contribution is 8.13. The van der Waals surface area contributed by atoms with Gasteiger partial charge in [-0.3, -0.25) is 14.9 Å². The van der Waals surface area contributed by atoms with Gasteiger partial charge >= 0.3 is 0 Å². The van der Waals surface area contributed by atoms with Crippen LogP contribution in [0.5, 0.6) is 5.75 Å². The van der Waals surface area contributed by atoms with E-state index in [0.717, 1.165) is 18.2 Å². The van der Waals surface area contributed by atoms with Gasteiger partial charge in [0.1, 0.15) is 10.6 Å². The fraction of sp³-hybridized carbons (Fsp3) is 0.300. The Morgan fingerprint density at radius 2 is 2.05 bits per heavy atom. The standard InChI is InChI=1S/C10H11ClN2O6S/c1-12(2)10(14)6-19-8-4-3-7(13(15)16)5-9(8)20(11,17)18/h3-5H,6H2,1-2H3. The van der Waals surface area contributed by atoms with Crippen LogP contribution in [0.3, 0.4) is 0 Å². The number of rotatable bonds is 5. The Bertz CT molecular complexity index is 643. The maximum absolute atomic E-state index is 11.4. The highest BCUT2D eigenvalue weighted by Crippen LogP contribution is 2.30. The van der Waals surface area contributed by atoms with E-state index in [1.807, 2.05) is 0 Å². The number of nitro benzene ring substituents is 1. The predicted molar refractivity (Wildman–Crippen MR) is 70.3 cm³/mol. The Kier molecular flexibility index (Phi) is 4.90. The van der Waals surface area contributed by atoms with Crippen LogP contribution in [0.4, 0.5) is 5.69 Å². The van der Waals surface area contributed by atoms with E-state index in [4.69, 9.17) is 15.4 Å². The quantitative estimate of drug-likeness (QED) is 0.454. The van der Waals surface area contributed by atoms with Gasteiger partial charge in [0.05, 0.1) is 4.92 Å². The van der Waals surface area contributed by atoms with Crippen LogP contribution in [0.1, 0.15) is 0 Å². The number of hydrogen-bond donors (Lipinski definition) is 0. The molecular formula is C10H11ClN2O6S. The topological polar surface area (TPSA) is 107 Å². The molecule has 0 aliphatic heterocycles. The summed E-state index contributed by atoms with van der Waals surface area (Å²) in [6.45, 7) is -0.412. The number of halogens is 1. The lowest BCUT2D eigenvalue weighted by Gasteiger charge is -2.12. The number of likely N-dealkylation sites (N-methyl/N-ethyl adjacent to an activating group) is 1. The number of non-ortho nitro benzene ring substituents is 1. The first kappa shape index (κ1) is 16.2. The van der Waals surface area contributed by atoms with E-state index in [2.05, 4.69) is 0 Å². The molecule has 0 saturated heterocycles. The van der Waals surface area contributed by atoms with Crippen molar-refractivity contribution in [1.29, 1.82) is 0 Å². The number of benzene rings is 1. The van der Waals surface area contributed by atoms with Crippen LogP contribution in [0.15, 0.2) is 23.1 Å². The van der Waals surface area contributed by atoms with Crippen molar-refractivity contribution in [3.8, 4) is 5.75 Å². The number of nitrogens with zero attached hydrogens (tertiary/aromatic N) is 2. The molecule has 0 atom stereocenters. The van der Waals surface area contributed by atoms with Crippen LogP contribution < -0.4 is 4.74 Å². The van der Waals surface area contributed by atoms with Crippen molar-refractivity contribution in [2.24, 2.45) is 0 Å². The van der Waals surface area contributed by atoms with Crippen molar-refractivity contribution in [2.45, 2.75) is 4.90 Å². The molecule has 0 bridgehead atoms. The first-order valence-electron chi connectivity index (χ1n) is 5.19. The molecule has 0 N–H and O–H groups in total. The molecular weight excluding hydrogens is 312 g/mol. The van der Waals surface area contributed by atoms with Gasteiger partial charge in [-0.2, -0.15) is 0 Å². The van der Waals surface area contributed by atoms with Crippen molar-refractivity contribution in [1.82, 2.24) is 4.90 Å². The molecule has 1 rings (SSSR count). The molecule has 0 aliphatic carbocycles. The molecule has 0 spiro atoms. The molecule has 0 radical (unpaired) electrons. The number of ether oxygens (including phenoxy) is 1. The van der Waals surface area contributed by atoms with E-state index in [1.165, 1.54) is 19.0 Å². The summed E-state index contributed by atoms with van der Waals surface area (Å²) >= 11 is 0. The number of carbonyl (C=O) groups excluding carboxylic acids is 1. The molecule has 110 valence electrons. The lowest BCUT2D eigenvalue weighted by atomic mass is 10.3. The summed E-state index contributed by atoms with van der Waals surface area (Å²) in [7, 11) is 3.95. The van der Waals surface area contributed by atoms with E-state index in [1.54, 1.807) is 0 Å². The maximum atomic E-state index is 11.4. The molecule has 0 fully saturated rings. The molecule has 0 heterocycles. The zero-order valence-electron chi connectivity index (χ0n) is 10.6. The van der Waals surface area contributed by atoms with Crippen molar-refractivity contribution in [2.75, 3.05) is 20.7 Å². The third-order valence-electron chi connectivity index (χ3n) is 2.25. The van der Waals surface area contributed by atoms with Gasteiger partial charge in [-0.05, 0) is 6.07 Å².